The minimum atomic E-state index is -0.421. The minimum Gasteiger partial charge on any atom is -0.449 e. The lowest BCUT2D eigenvalue weighted by atomic mass is 10.2. The molecule has 2 N–H and O–H groups in total. The number of hydrogen-bond acceptors (Lipinski definition) is 4. The number of urea groups is 1. The summed E-state index contributed by atoms with van der Waals surface area (Å²) in [5.74, 6) is 0. The summed E-state index contributed by atoms with van der Waals surface area (Å²) in [5.41, 5.74) is 1.31. The number of carbonyl (C=O) groups excluding carboxylic acids is 2. The van der Waals surface area contributed by atoms with Gasteiger partial charge in [0.05, 0.1) is 13.2 Å². The average Bonchev–Trinajstić information content (AvgIpc) is 2.48. The zero-order valence-electron chi connectivity index (χ0n) is 12.5. The molecule has 0 heterocycles. The second kappa shape index (κ2) is 8.80. The Balaban J connectivity index is 2.53. The van der Waals surface area contributed by atoms with Crippen molar-refractivity contribution in [2.24, 2.45) is 0 Å². The Morgan fingerprint density at radius 2 is 1.90 bits per heavy atom. The van der Waals surface area contributed by atoms with Gasteiger partial charge in [0.1, 0.15) is 0 Å². The molecule has 0 bridgehead atoms. The van der Waals surface area contributed by atoms with E-state index in [1.54, 1.807) is 45.3 Å². The van der Waals surface area contributed by atoms with Gasteiger partial charge in [-0.1, -0.05) is 0 Å². The highest BCUT2D eigenvalue weighted by molar-refractivity contribution is 5.90. The fourth-order valence-corrected chi connectivity index (χ4v) is 1.54. The molecule has 0 unspecified atom stereocenters. The van der Waals surface area contributed by atoms with E-state index < -0.39 is 6.09 Å². The molecule has 21 heavy (non-hydrogen) atoms. The van der Waals surface area contributed by atoms with Crippen LogP contribution in [-0.2, 0) is 9.47 Å². The number of amides is 3. The van der Waals surface area contributed by atoms with Gasteiger partial charge in [-0.25, -0.2) is 9.59 Å². The monoisotopic (exact) mass is 295 g/mol. The van der Waals surface area contributed by atoms with Crippen LogP contribution in [0.3, 0.4) is 0 Å². The van der Waals surface area contributed by atoms with Crippen molar-refractivity contribution in [2.75, 3.05) is 44.1 Å². The topological polar surface area (TPSA) is 79.9 Å². The highest BCUT2D eigenvalue weighted by Gasteiger charge is 2.11. The van der Waals surface area contributed by atoms with Crippen molar-refractivity contribution in [1.29, 1.82) is 0 Å². The van der Waals surface area contributed by atoms with Crippen LogP contribution in [0.15, 0.2) is 24.3 Å². The van der Waals surface area contributed by atoms with Crippen molar-refractivity contribution in [2.45, 2.75) is 6.92 Å². The number of nitrogens with zero attached hydrogens (tertiary/aromatic N) is 1. The predicted octanol–water partition coefficient (Wildman–Crippen LogP) is 2.05. The van der Waals surface area contributed by atoms with Crippen LogP contribution in [0.25, 0.3) is 0 Å². The molecule has 0 aromatic heterocycles. The van der Waals surface area contributed by atoms with Gasteiger partial charge < -0.3 is 20.1 Å². The molecule has 0 aliphatic carbocycles. The van der Waals surface area contributed by atoms with Crippen LogP contribution >= 0.6 is 0 Å². The standard InChI is InChI=1S/C14H21N3O4/c1-4-21-14(19)17(2)12-7-5-11(6-8-12)16-13(18)15-9-10-20-3/h5-8H,4,9-10H2,1-3H3,(H2,15,16,18). The molecule has 3 amide bonds. The van der Waals surface area contributed by atoms with E-state index in [1.807, 2.05) is 0 Å². The maximum atomic E-state index is 11.6. The first-order valence-electron chi connectivity index (χ1n) is 6.62. The third-order valence-corrected chi connectivity index (χ3v) is 2.65. The summed E-state index contributed by atoms with van der Waals surface area (Å²) >= 11 is 0. The lowest BCUT2D eigenvalue weighted by Crippen LogP contribution is -2.31. The Hall–Kier alpha value is -2.28. The Bertz CT molecular complexity index is 462. The highest BCUT2D eigenvalue weighted by Crippen LogP contribution is 2.17. The molecule has 0 fully saturated rings. The molecule has 116 valence electrons. The van der Waals surface area contributed by atoms with Gasteiger partial charge >= 0.3 is 12.1 Å². The molecular formula is C14H21N3O4. The Kier molecular flexibility index (Phi) is 7.03. The average molecular weight is 295 g/mol. The van der Waals surface area contributed by atoms with Crippen LogP contribution in [0, 0.1) is 0 Å². The van der Waals surface area contributed by atoms with E-state index in [0.29, 0.717) is 31.1 Å². The number of benzene rings is 1. The molecule has 0 saturated heterocycles. The molecule has 0 aliphatic heterocycles. The van der Waals surface area contributed by atoms with Crippen LogP contribution in [0.5, 0.6) is 0 Å². The molecular weight excluding hydrogens is 274 g/mol. The third-order valence-electron chi connectivity index (χ3n) is 2.65. The summed E-state index contributed by atoms with van der Waals surface area (Å²) in [5, 5.41) is 5.33. The van der Waals surface area contributed by atoms with Gasteiger partial charge in [0.15, 0.2) is 0 Å². The molecule has 0 spiro atoms. The van der Waals surface area contributed by atoms with E-state index in [4.69, 9.17) is 9.47 Å². The lowest BCUT2D eigenvalue weighted by Gasteiger charge is -2.17. The summed E-state index contributed by atoms with van der Waals surface area (Å²) in [6.07, 6.45) is -0.421. The van der Waals surface area contributed by atoms with E-state index in [1.165, 1.54) is 4.90 Å². The minimum absolute atomic E-state index is 0.307. The SMILES string of the molecule is CCOC(=O)N(C)c1ccc(NC(=O)NCCOC)cc1. The number of rotatable bonds is 6. The first kappa shape index (κ1) is 16.8. The van der Waals surface area contributed by atoms with E-state index in [9.17, 15) is 9.59 Å². The van der Waals surface area contributed by atoms with Crippen molar-refractivity contribution in [3.05, 3.63) is 24.3 Å². The van der Waals surface area contributed by atoms with Crippen molar-refractivity contribution in [3.8, 4) is 0 Å². The van der Waals surface area contributed by atoms with Gasteiger partial charge in [0.2, 0.25) is 0 Å². The maximum Gasteiger partial charge on any atom is 0.413 e. The zero-order chi connectivity index (χ0) is 15.7. The van der Waals surface area contributed by atoms with E-state index >= 15 is 0 Å². The Morgan fingerprint density at radius 1 is 1.24 bits per heavy atom. The van der Waals surface area contributed by atoms with Gasteiger partial charge in [0.25, 0.3) is 0 Å². The van der Waals surface area contributed by atoms with Gasteiger partial charge in [-0.2, -0.15) is 0 Å². The number of methoxy groups -OCH3 is 1. The van der Waals surface area contributed by atoms with E-state index in [2.05, 4.69) is 10.6 Å². The fourth-order valence-electron chi connectivity index (χ4n) is 1.54. The van der Waals surface area contributed by atoms with Crippen molar-refractivity contribution in [1.82, 2.24) is 5.32 Å². The molecule has 1 aromatic carbocycles. The smallest absolute Gasteiger partial charge is 0.413 e. The molecule has 0 radical (unpaired) electrons. The number of carbonyl (C=O) groups is 2. The number of anilines is 2. The van der Waals surface area contributed by atoms with Crippen molar-refractivity contribution >= 4 is 23.5 Å². The van der Waals surface area contributed by atoms with Crippen molar-refractivity contribution in [3.63, 3.8) is 0 Å². The van der Waals surface area contributed by atoms with E-state index in [-0.39, 0.29) is 6.03 Å². The Labute approximate surface area is 124 Å². The molecule has 7 heteroatoms. The fraction of sp³-hybridized carbons (Fsp3) is 0.429. The molecule has 0 aliphatic rings. The summed E-state index contributed by atoms with van der Waals surface area (Å²) in [4.78, 5) is 24.5. The van der Waals surface area contributed by atoms with Crippen LogP contribution in [0.4, 0.5) is 21.0 Å². The largest absolute Gasteiger partial charge is 0.449 e. The first-order valence-corrected chi connectivity index (χ1v) is 6.62. The van der Waals surface area contributed by atoms with Gasteiger partial charge in [-0.05, 0) is 31.2 Å². The first-order chi connectivity index (χ1) is 10.1. The highest BCUT2D eigenvalue weighted by atomic mass is 16.6. The van der Waals surface area contributed by atoms with Gasteiger partial charge in [0, 0.05) is 32.1 Å². The van der Waals surface area contributed by atoms with Crippen LogP contribution in [0.2, 0.25) is 0 Å². The van der Waals surface area contributed by atoms with Gasteiger partial charge in [-0.15, -0.1) is 0 Å². The second-order valence-corrected chi connectivity index (χ2v) is 4.18. The molecule has 0 atom stereocenters. The maximum absolute atomic E-state index is 11.6. The van der Waals surface area contributed by atoms with Crippen LogP contribution in [0.1, 0.15) is 6.92 Å². The summed E-state index contributed by atoms with van der Waals surface area (Å²) in [7, 11) is 3.19. The summed E-state index contributed by atoms with van der Waals surface area (Å²) in [6.45, 7) is 2.97. The van der Waals surface area contributed by atoms with E-state index in [0.717, 1.165) is 0 Å². The second-order valence-electron chi connectivity index (χ2n) is 4.18. The lowest BCUT2D eigenvalue weighted by molar-refractivity contribution is 0.161. The summed E-state index contributed by atoms with van der Waals surface area (Å²) < 4.78 is 9.74. The molecule has 1 aromatic rings. The Morgan fingerprint density at radius 3 is 2.48 bits per heavy atom. The number of nitrogens with one attached hydrogen (secondary N) is 2. The number of ether oxygens (including phenoxy) is 2. The predicted molar refractivity (Wildman–Crippen MR) is 80.8 cm³/mol. The quantitative estimate of drug-likeness (QED) is 0.787. The van der Waals surface area contributed by atoms with Crippen LogP contribution in [-0.4, -0.2) is 46.0 Å². The third kappa shape index (κ3) is 5.70. The number of hydrogen-bond donors (Lipinski definition) is 2. The van der Waals surface area contributed by atoms with Gasteiger partial charge in [-0.3, -0.25) is 4.90 Å². The van der Waals surface area contributed by atoms with Crippen LogP contribution < -0.4 is 15.5 Å². The summed E-state index contributed by atoms with van der Waals surface area (Å²) in [6, 6.07) is 6.56. The molecule has 7 nitrogen and oxygen atoms in total. The zero-order valence-corrected chi connectivity index (χ0v) is 12.5. The van der Waals surface area contributed by atoms with Crippen molar-refractivity contribution < 1.29 is 19.1 Å². The molecule has 1 rings (SSSR count). The normalized spacial score (nSPS) is 9.86. The molecule has 0 saturated carbocycles.